The summed E-state index contributed by atoms with van der Waals surface area (Å²) in [7, 11) is 0. The molecule has 1 aromatic carbocycles. The van der Waals surface area contributed by atoms with Crippen molar-refractivity contribution in [1.29, 1.82) is 0 Å². The van der Waals surface area contributed by atoms with Crippen molar-refractivity contribution in [2.75, 3.05) is 13.2 Å². The van der Waals surface area contributed by atoms with Gasteiger partial charge in [0.25, 0.3) is 0 Å². The van der Waals surface area contributed by atoms with E-state index in [2.05, 4.69) is 0 Å². The normalized spacial score (nSPS) is 11.1. The minimum Gasteiger partial charge on any atom is -0.466 e. The fourth-order valence-electron chi connectivity index (χ4n) is 1.53. The van der Waals surface area contributed by atoms with E-state index in [4.69, 9.17) is 21.1 Å². The summed E-state index contributed by atoms with van der Waals surface area (Å²) in [6.45, 7) is 3.95. The lowest BCUT2D eigenvalue weighted by molar-refractivity contribution is -0.145. The lowest BCUT2D eigenvalue weighted by Crippen LogP contribution is -2.13. The predicted molar refractivity (Wildman–Crippen MR) is 77.3 cm³/mol. The van der Waals surface area contributed by atoms with Crippen molar-refractivity contribution in [3.63, 3.8) is 0 Å². The molecule has 20 heavy (non-hydrogen) atoms. The van der Waals surface area contributed by atoms with Gasteiger partial charge in [-0.3, -0.25) is 4.79 Å². The summed E-state index contributed by atoms with van der Waals surface area (Å²) in [5, 5.41) is 0.602. The number of carbonyl (C=O) groups is 2. The Bertz CT molecular complexity index is 491. The Morgan fingerprint density at radius 3 is 2.25 bits per heavy atom. The molecule has 4 nitrogen and oxygen atoms in total. The minimum atomic E-state index is -0.518. The molecule has 0 aromatic heterocycles. The number of ether oxygens (including phenoxy) is 2. The summed E-state index contributed by atoms with van der Waals surface area (Å²) in [6, 6.07) is 6.93. The van der Waals surface area contributed by atoms with E-state index in [9.17, 15) is 9.59 Å². The quantitative estimate of drug-likeness (QED) is 0.597. The first-order valence-electron chi connectivity index (χ1n) is 6.35. The van der Waals surface area contributed by atoms with Crippen molar-refractivity contribution in [2.45, 2.75) is 20.3 Å². The molecule has 1 aromatic rings. The number of rotatable bonds is 6. The van der Waals surface area contributed by atoms with E-state index in [0.29, 0.717) is 5.02 Å². The minimum absolute atomic E-state index is 0.116. The van der Waals surface area contributed by atoms with Crippen LogP contribution >= 0.6 is 11.6 Å². The van der Waals surface area contributed by atoms with Gasteiger partial charge in [0, 0.05) is 10.6 Å². The van der Waals surface area contributed by atoms with Crippen LogP contribution in [0.3, 0.4) is 0 Å². The second kappa shape index (κ2) is 8.38. The van der Waals surface area contributed by atoms with E-state index >= 15 is 0 Å². The van der Waals surface area contributed by atoms with Crippen LogP contribution in [0.2, 0.25) is 5.02 Å². The molecule has 0 saturated carbocycles. The highest BCUT2D eigenvalue weighted by Gasteiger charge is 2.16. The van der Waals surface area contributed by atoms with Crippen LogP contribution in [0.1, 0.15) is 25.8 Å². The van der Waals surface area contributed by atoms with Crippen LogP contribution in [0, 0.1) is 0 Å². The molecule has 0 spiro atoms. The molecule has 0 bridgehead atoms. The molecule has 0 radical (unpaired) electrons. The number of benzene rings is 1. The smallest absolute Gasteiger partial charge is 0.334 e. The highest BCUT2D eigenvalue weighted by atomic mass is 35.5. The first-order chi connectivity index (χ1) is 9.56. The van der Waals surface area contributed by atoms with Crippen LogP contribution in [-0.2, 0) is 19.1 Å². The molecule has 0 aliphatic rings. The van der Waals surface area contributed by atoms with Gasteiger partial charge < -0.3 is 9.47 Å². The SMILES string of the molecule is CCOC(=O)C/C(=C\c1ccc(Cl)cc1)C(=O)OCC. The Morgan fingerprint density at radius 2 is 1.70 bits per heavy atom. The molecule has 108 valence electrons. The third-order valence-electron chi connectivity index (χ3n) is 2.39. The van der Waals surface area contributed by atoms with Gasteiger partial charge in [-0.25, -0.2) is 4.79 Å². The maximum atomic E-state index is 11.8. The number of esters is 2. The van der Waals surface area contributed by atoms with Crippen molar-refractivity contribution >= 4 is 29.6 Å². The summed E-state index contributed by atoms with van der Waals surface area (Å²) >= 11 is 5.80. The average Bonchev–Trinajstić information content (AvgIpc) is 2.41. The molecule has 0 saturated heterocycles. The Balaban J connectivity index is 2.93. The number of hydrogen-bond donors (Lipinski definition) is 0. The molecule has 0 aliphatic carbocycles. The molecule has 0 amide bonds. The summed E-state index contributed by atoms with van der Waals surface area (Å²) < 4.78 is 9.79. The van der Waals surface area contributed by atoms with E-state index < -0.39 is 11.9 Å². The zero-order valence-corrected chi connectivity index (χ0v) is 12.3. The predicted octanol–water partition coefficient (Wildman–Crippen LogP) is 3.24. The van der Waals surface area contributed by atoms with E-state index in [1.807, 2.05) is 0 Å². The molecule has 1 rings (SSSR count). The average molecular weight is 297 g/mol. The highest BCUT2D eigenvalue weighted by Crippen LogP contribution is 2.15. The third-order valence-corrected chi connectivity index (χ3v) is 2.64. The summed E-state index contributed by atoms with van der Waals surface area (Å²) in [4.78, 5) is 23.3. The topological polar surface area (TPSA) is 52.6 Å². The molecule has 0 fully saturated rings. The first kappa shape index (κ1) is 16.2. The molecule has 5 heteroatoms. The van der Waals surface area contributed by atoms with Crippen LogP contribution < -0.4 is 0 Å². The second-order valence-corrected chi connectivity index (χ2v) is 4.36. The Morgan fingerprint density at radius 1 is 1.10 bits per heavy atom. The second-order valence-electron chi connectivity index (χ2n) is 3.92. The van der Waals surface area contributed by atoms with Gasteiger partial charge in [-0.15, -0.1) is 0 Å². The van der Waals surface area contributed by atoms with Crippen molar-refractivity contribution in [1.82, 2.24) is 0 Å². The highest BCUT2D eigenvalue weighted by molar-refractivity contribution is 6.30. The van der Waals surface area contributed by atoms with Gasteiger partial charge in [0.05, 0.1) is 19.6 Å². The molecule has 0 unspecified atom stereocenters. The van der Waals surface area contributed by atoms with Crippen LogP contribution in [0.4, 0.5) is 0 Å². The van der Waals surface area contributed by atoms with Crippen LogP contribution in [-0.4, -0.2) is 25.2 Å². The maximum Gasteiger partial charge on any atom is 0.334 e. The standard InChI is InChI=1S/C15H17ClO4/c1-3-19-14(17)10-12(15(18)20-4-2)9-11-5-7-13(16)8-6-11/h5-9H,3-4,10H2,1-2H3/b12-9+. The lowest BCUT2D eigenvalue weighted by Gasteiger charge is -2.07. The largest absolute Gasteiger partial charge is 0.466 e. The van der Waals surface area contributed by atoms with Gasteiger partial charge in [-0.1, -0.05) is 23.7 Å². The summed E-state index contributed by atoms with van der Waals surface area (Å²) in [5.74, 6) is -0.976. The van der Waals surface area contributed by atoms with Gasteiger partial charge in [-0.2, -0.15) is 0 Å². The Kier molecular flexibility index (Phi) is 6.81. The van der Waals surface area contributed by atoms with E-state index in [0.717, 1.165) is 5.56 Å². The summed E-state index contributed by atoms with van der Waals surface area (Å²) in [5.41, 5.74) is 1.02. The third kappa shape index (κ3) is 5.45. The van der Waals surface area contributed by atoms with Gasteiger partial charge >= 0.3 is 11.9 Å². The van der Waals surface area contributed by atoms with Gasteiger partial charge in [-0.05, 0) is 37.6 Å². The molecule has 0 aliphatic heterocycles. The number of halogens is 1. The van der Waals surface area contributed by atoms with Crippen LogP contribution in [0.25, 0.3) is 6.08 Å². The lowest BCUT2D eigenvalue weighted by atomic mass is 10.1. The zero-order chi connectivity index (χ0) is 15.0. The summed E-state index contributed by atoms with van der Waals surface area (Å²) in [6.07, 6.45) is 1.49. The monoisotopic (exact) mass is 296 g/mol. The van der Waals surface area contributed by atoms with Gasteiger partial charge in [0.1, 0.15) is 0 Å². The Hall–Kier alpha value is -1.81. The molecule has 0 heterocycles. The molecule has 0 atom stereocenters. The Labute approximate surface area is 123 Å². The van der Waals surface area contributed by atoms with Gasteiger partial charge in [0.15, 0.2) is 0 Å². The van der Waals surface area contributed by atoms with E-state index in [-0.39, 0.29) is 25.2 Å². The van der Waals surface area contributed by atoms with Crippen LogP contribution in [0.15, 0.2) is 29.8 Å². The van der Waals surface area contributed by atoms with Gasteiger partial charge in [0.2, 0.25) is 0 Å². The van der Waals surface area contributed by atoms with E-state index in [1.165, 1.54) is 0 Å². The van der Waals surface area contributed by atoms with E-state index in [1.54, 1.807) is 44.2 Å². The first-order valence-corrected chi connectivity index (χ1v) is 6.73. The molecule has 0 N–H and O–H groups in total. The van der Waals surface area contributed by atoms with Crippen molar-refractivity contribution in [2.24, 2.45) is 0 Å². The van der Waals surface area contributed by atoms with Crippen molar-refractivity contribution < 1.29 is 19.1 Å². The molecular weight excluding hydrogens is 280 g/mol. The zero-order valence-electron chi connectivity index (χ0n) is 11.5. The fraction of sp³-hybridized carbons (Fsp3) is 0.333. The fourth-order valence-corrected chi connectivity index (χ4v) is 1.66. The number of hydrogen-bond acceptors (Lipinski definition) is 4. The van der Waals surface area contributed by atoms with Crippen LogP contribution in [0.5, 0.6) is 0 Å². The van der Waals surface area contributed by atoms with Crippen molar-refractivity contribution in [3.8, 4) is 0 Å². The van der Waals surface area contributed by atoms with Crippen molar-refractivity contribution in [3.05, 3.63) is 40.4 Å². The maximum absolute atomic E-state index is 11.8. The molecular formula is C15H17ClO4. The number of carbonyl (C=O) groups excluding carboxylic acids is 2.